The zero-order chi connectivity index (χ0) is 18.5. The number of methoxy groups -OCH3 is 2. The molecular weight excluding hydrogens is 348 g/mol. The number of fused-ring (bicyclic) bond motifs is 1. The number of amides is 1. The van der Waals surface area contributed by atoms with E-state index in [0.29, 0.717) is 35.2 Å². The molecule has 1 fully saturated rings. The van der Waals surface area contributed by atoms with Crippen molar-refractivity contribution >= 4 is 27.5 Å². The maximum Gasteiger partial charge on any atom is 0.248 e. The molecule has 1 aromatic heterocycles. The van der Waals surface area contributed by atoms with Crippen LogP contribution in [-0.2, 0) is 11.3 Å². The van der Waals surface area contributed by atoms with Crippen molar-refractivity contribution in [2.75, 3.05) is 14.2 Å². The topological polar surface area (TPSA) is 52.8 Å². The van der Waals surface area contributed by atoms with Crippen molar-refractivity contribution in [3.63, 3.8) is 0 Å². The summed E-state index contributed by atoms with van der Waals surface area (Å²) >= 11 is 1.50. The van der Waals surface area contributed by atoms with Crippen molar-refractivity contribution in [2.45, 2.75) is 45.1 Å². The average molecular weight is 375 g/mol. The highest BCUT2D eigenvalue weighted by molar-refractivity contribution is 7.16. The molecular formula is C20H26N2O3S. The van der Waals surface area contributed by atoms with Crippen LogP contribution in [0.15, 0.2) is 29.8 Å². The predicted octanol–water partition coefficient (Wildman–Crippen LogP) is 4.30. The van der Waals surface area contributed by atoms with Gasteiger partial charge in [0, 0.05) is 25.1 Å². The lowest BCUT2D eigenvalue weighted by molar-refractivity contribution is -0.119. The van der Waals surface area contributed by atoms with Crippen molar-refractivity contribution in [3.8, 4) is 11.5 Å². The molecule has 1 aliphatic carbocycles. The van der Waals surface area contributed by atoms with E-state index in [9.17, 15) is 4.79 Å². The third-order valence-electron chi connectivity index (χ3n) is 4.91. The van der Waals surface area contributed by atoms with Crippen LogP contribution in [-0.4, -0.2) is 24.7 Å². The van der Waals surface area contributed by atoms with Gasteiger partial charge in [0.25, 0.3) is 0 Å². The van der Waals surface area contributed by atoms with Gasteiger partial charge < -0.3 is 14.0 Å². The fourth-order valence-electron chi connectivity index (χ4n) is 3.58. The van der Waals surface area contributed by atoms with Crippen LogP contribution in [0.2, 0.25) is 0 Å². The van der Waals surface area contributed by atoms with Crippen LogP contribution in [0.25, 0.3) is 10.2 Å². The lowest BCUT2D eigenvalue weighted by Crippen LogP contribution is -2.18. The molecule has 6 heteroatoms. The molecule has 1 amide bonds. The van der Waals surface area contributed by atoms with Gasteiger partial charge in [-0.1, -0.05) is 36.7 Å². The van der Waals surface area contributed by atoms with Crippen LogP contribution in [0.5, 0.6) is 11.5 Å². The van der Waals surface area contributed by atoms with Gasteiger partial charge in [-0.2, -0.15) is 4.99 Å². The molecule has 2 aromatic rings. The first kappa shape index (κ1) is 18.7. The van der Waals surface area contributed by atoms with E-state index in [-0.39, 0.29) is 5.91 Å². The third kappa shape index (κ3) is 4.01. The Balaban J connectivity index is 1.99. The number of rotatable bonds is 6. The number of hydrogen-bond acceptors (Lipinski definition) is 4. The summed E-state index contributed by atoms with van der Waals surface area (Å²) in [5, 5.41) is 0. The first-order chi connectivity index (χ1) is 12.7. The Hall–Kier alpha value is -2.08. The Labute approximate surface area is 158 Å². The van der Waals surface area contributed by atoms with Gasteiger partial charge in [0.15, 0.2) is 16.3 Å². The molecule has 26 heavy (non-hydrogen) atoms. The van der Waals surface area contributed by atoms with Crippen LogP contribution in [0.4, 0.5) is 0 Å². The highest BCUT2D eigenvalue weighted by Crippen LogP contribution is 2.33. The fourth-order valence-corrected chi connectivity index (χ4v) is 4.64. The number of thiazole rings is 1. The van der Waals surface area contributed by atoms with Gasteiger partial charge in [-0.25, -0.2) is 0 Å². The minimum Gasteiger partial charge on any atom is -0.493 e. The average Bonchev–Trinajstić information content (AvgIpc) is 2.97. The number of allylic oxidation sites excluding steroid dienone is 1. The van der Waals surface area contributed by atoms with Gasteiger partial charge in [0.05, 0.1) is 24.4 Å². The molecule has 0 unspecified atom stereocenters. The van der Waals surface area contributed by atoms with Crippen molar-refractivity contribution < 1.29 is 14.3 Å². The molecule has 0 radical (unpaired) electrons. The summed E-state index contributed by atoms with van der Waals surface area (Å²) in [6.07, 6.45) is 8.42. The van der Waals surface area contributed by atoms with E-state index in [0.717, 1.165) is 23.1 Å². The zero-order valence-electron chi connectivity index (χ0n) is 15.5. The predicted molar refractivity (Wildman–Crippen MR) is 105 cm³/mol. The van der Waals surface area contributed by atoms with E-state index in [1.165, 1.54) is 30.6 Å². The lowest BCUT2D eigenvalue weighted by Gasteiger charge is -2.19. The Morgan fingerprint density at radius 1 is 1.27 bits per heavy atom. The van der Waals surface area contributed by atoms with Crippen LogP contribution in [0.3, 0.4) is 0 Å². The largest absolute Gasteiger partial charge is 0.493 e. The number of benzene rings is 1. The summed E-state index contributed by atoms with van der Waals surface area (Å²) in [5.74, 6) is 1.80. The summed E-state index contributed by atoms with van der Waals surface area (Å²) in [6.45, 7) is 4.42. The molecule has 140 valence electrons. The third-order valence-corrected chi connectivity index (χ3v) is 5.95. The quantitative estimate of drug-likeness (QED) is 0.708. The van der Waals surface area contributed by atoms with E-state index in [1.54, 1.807) is 14.2 Å². The Bertz CT molecular complexity index is 860. The number of aromatic nitrogens is 1. The summed E-state index contributed by atoms with van der Waals surface area (Å²) in [6, 6.07) is 3.86. The maximum absolute atomic E-state index is 12.5. The molecule has 0 aliphatic heterocycles. The standard InChI is InChI=1S/C20H26N2O3S/c1-4-10-22-15-12-16(24-2)17(25-3)13-18(15)26-20(22)21-19(23)11-14-8-6-5-7-9-14/h4,12-14H,1,5-11H2,2-3H3. The monoisotopic (exact) mass is 374 g/mol. The molecule has 1 saturated carbocycles. The van der Waals surface area contributed by atoms with Crippen LogP contribution in [0, 0.1) is 5.92 Å². The number of carbonyl (C=O) groups is 1. The molecule has 0 spiro atoms. The first-order valence-corrected chi connectivity index (χ1v) is 9.91. The molecule has 1 aliphatic rings. The second-order valence-electron chi connectivity index (χ2n) is 6.67. The van der Waals surface area contributed by atoms with Crippen molar-refractivity contribution in [3.05, 3.63) is 29.6 Å². The zero-order valence-corrected chi connectivity index (χ0v) is 16.3. The molecule has 0 N–H and O–H groups in total. The first-order valence-electron chi connectivity index (χ1n) is 9.10. The molecule has 0 saturated heterocycles. The number of nitrogens with zero attached hydrogens (tertiary/aromatic N) is 2. The second-order valence-corrected chi connectivity index (χ2v) is 7.68. The number of hydrogen-bond donors (Lipinski definition) is 0. The van der Waals surface area contributed by atoms with Crippen LogP contribution < -0.4 is 14.3 Å². The summed E-state index contributed by atoms with van der Waals surface area (Å²) < 4.78 is 13.8. The molecule has 3 rings (SSSR count). The normalized spacial score (nSPS) is 16.0. The lowest BCUT2D eigenvalue weighted by atomic mass is 9.87. The Kier molecular flexibility index (Phi) is 6.14. The number of carbonyl (C=O) groups excluding carboxylic acids is 1. The Morgan fingerprint density at radius 3 is 2.62 bits per heavy atom. The molecule has 0 bridgehead atoms. The maximum atomic E-state index is 12.5. The van der Waals surface area contributed by atoms with E-state index in [4.69, 9.17) is 9.47 Å². The van der Waals surface area contributed by atoms with Crippen LogP contribution in [0.1, 0.15) is 38.5 Å². The van der Waals surface area contributed by atoms with Gasteiger partial charge in [0.1, 0.15) is 0 Å². The molecule has 1 aromatic carbocycles. The number of ether oxygens (including phenoxy) is 2. The van der Waals surface area contributed by atoms with E-state index in [1.807, 2.05) is 22.8 Å². The van der Waals surface area contributed by atoms with Gasteiger partial charge >= 0.3 is 0 Å². The molecule has 5 nitrogen and oxygen atoms in total. The second kappa shape index (κ2) is 8.54. The van der Waals surface area contributed by atoms with E-state index < -0.39 is 0 Å². The minimum atomic E-state index is -0.0276. The van der Waals surface area contributed by atoms with Crippen LogP contribution >= 0.6 is 11.3 Å². The summed E-state index contributed by atoms with van der Waals surface area (Å²) in [5.41, 5.74) is 0.969. The fraction of sp³-hybridized carbons (Fsp3) is 0.500. The van der Waals surface area contributed by atoms with Crippen molar-refractivity contribution in [2.24, 2.45) is 10.9 Å². The SMILES string of the molecule is C=CCn1c(=NC(=O)CC2CCCCC2)sc2cc(OC)c(OC)cc21. The van der Waals surface area contributed by atoms with Gasteiger partial charge in [-0.05, 0) is 18.8 Å². The van der Waals surface area contributed by atoms with Gasteiger partial charge in [0.2, 0.25) is 5.91 Å². The van der Waals surface area contributed by atoms with Crippen molar-refractivity contribution in [1.29, 1.82) is 0 Å². The summed E-state index contributed by atoms with van der Waals surface area (Å²) in [4.78, 5) is 17.6. The molecule has 0 atom stereocenters. The smallest absolute Gasteiger partial charge is 0.248 e. The molecule has 1 heterocycles. The van der Waals surface area contributed by atoms with Gasteiger partial charge in [-0.15, -0.1) is 6.58 Å². The Morgan fingerprint density at radius 2 is 1.96 bits per heavy atom. The van der Waals surface area contributed by atoms with E-state index >= 15 is 0 Å². The van der Waals surface area contributed by atoms with E-state index in [2.05, 4.69) is 11.6 Å². The highest BCUT2D eigenvalue weighted by atomic mass is 32.1. The van der Waals surface area contributed by atoms with Gasteiger partial charge in [-0.3, -0.25) is 4.79 Å². The van der Waals surface area contributed by atoms with Crippen molar-refractivity contribution in [1.82, 2.24) is 4.57 Å². The minimum absolute atomic E-state index is 0.0276. The summed E-state index contributed by atoms with van der Waals surface area (Å²) in [7, 11) is 3.24. The highest BCUT2D eigenvalue weighted by Gasteiger charge is 2.17.